The van der Waals surface area contributed by atoms with Gasteiger partial charge < -0.3 is 9.80 Å². The molecule has 2 aromatic heterocycles. The van der Waals surface area contributed by atoms with Crippen LogP contribution in [-0.2, 0) is 11.3 Å². The lowest BCUT2D eigenvalue weighted by molar-refractivity contribution is -0.133. The minimum Gasteiger partial charge on any atom is -0.341 e. The summed E-state index contributed by atoms with van der Waals surface area (Å²) in [5.74, 6) is 0.724. The van der Waals surface area contributed by atoms with Crippen molar-refractivity contribution < 1.29 is 4.79 Å². The number of carbonyl (C=O) groups is 1. The molecule has 142 valence electrons. The fraction of sp³-hybridized carbons (Fsp3) is 0.500. The molecule has 0 spiro atoms. The lowest BCUT2D eigenvalue weighted by atomic mass is 10.00. The van der Waals surface area contributed by atoms with Crippen molar-refractivity contribution in [1.29, 1.82) is 0 Å². The summed E-state index contributed by atoms with van der Waals surface area (Å²) in [6, 6.07) is 7.13. The van der Waals surface area contributed by atoms with Crippen LogP contribution in [0.3, 0.4) is 0 Å². The van der Waals surface area contributed by atoms with Gasteiger partial charge in [-0.15, -0.1) is 0 Å². The van der Waals surface area contributed by atoms with E-state index < -0.39 is 0 Å². The number of carbonyl (C=O) groups excluding carboxylic acids is 1. The van der Waals surface area contributed by atoms with Gasteiger partial charge in [0.25, 0.3) is 5.56 Å². The summed E-state index contributed by atoms with van der Waals surface area (Å²) in [5.41, 5.74) is 1.68. The number of likely N-dealkylation sites (tertiary alicyclic amines) is 2. The first-order valence-electron chi connectivity index (χ1n) is 9.68. The number of rotatable bonds is 6. The van der Waals surface area contributed by atoms with Crippen molar-refractivity contribution in [1.82, 2.24) is 24.6 Å². The third kappa shape index (κ3) is 4.24. The van der Waals surface area contributed by atoms with Crippen LogP contribution in [0.4, 0.5) is 0 Å². The molecule has 0 atom stereocenters. The third-order valence-electron chi connectivity index (χ3n) is 5.41. The summed E-state index contributed by atoms with van der Waals surface area (Å²) in [6.07, 6.45) is 6.30. The van der Waals surface area contributed by atoms with Gasteiger partial charge in [0.15, 0.2) is 0 Å². The minimum absolute atomic E-state index is 0.0647. The maximum Gasteiger partial charge on any atom is 0.266 e. The van der Waals surface area contributed by atoms with E-state index >= 15 is 0 Å². The van der Waals surface area contributed by atoms with Crippen LogP contribution in [0.15, 0.2) is 41.5 Å². The van der Waals surface area contributed by atoms with E-state index in [1.807, 2.05) is 17.0 Å². The van der Waals surface area contributed by atoms with Gasteiger partial charge in [-0.05, 0) is 31.0 Å². The van der Waals surface area contributed by atoms with Gasteiger partial charge in [0.1, 0.15) is 0 Å². The monoisotopic (exact) mass is 367 g/mol. The molecule has 0 aliphatic carbocycles. The number of amides is 1. The highest BCUT2D eigenvalue weighted by molar-refractivity contribution is 5.76. The van der Waals surface area contributed by atoms with Gasteiger partial charge in [0.2, 0.25) is 5.91 Å². The van der Waals surface area contributed by atoms with E-state index in [1.54, 1.807) is 29.2 Å². The Bertz CT molecular complexity index is 845. The van der Waals surface area contributed by atoms with Crippen molar-refractivity contribution in [2.45, 2.75) is 25.8 Å². The molecular formula is C20H25N5O2. The summed E-state index contributed by atoms with van der Waals surface area (Å²) in [7, 11) is 0. The van der Waals surface area contributed by atoms with Crippen molar-refractivity contribution in [2.75, 3.05) is 32.7 Å². The van der Waals surface area contributed by atoms with E-state index in [4.69, 9.17) is 0 Å². The second kappa shape index (κ2) is 8.00. The normalized spacial score (nSPS) is 18.5. The molecule has 7 nitrogen and oxygen atoms in total. The standard InChI is InChI=1S/C20H25N5O2/c26-19-3-1-2-10-24(19)12-11-23-13-16(14-23)15-25-20(27)5-4-18(22-25)17-6-8-21-9-7-17/h4-9,16H,1-3,10-15H2. The Morgan fingerprint density at radius 3 is 2.59 bits per heavy atom. The van der Waals surface area contributed by atoms with E-state index in [0.717, 1.165) is 56.8 Å². The molecule has 0 aromatic carbocycles. The highest BCUT2D eigenvalue weighted by Crippen LogP contribution is 2.18. The van der Waals surface area contributed by atoms with Gasteiger partial charge in [0, 0.05) is 69.1 Å². The first-order chi connectivity index (χ1) is 13.2. The highest BCUT2D eigenvalue weighted by Gasteiger charge is 2.28. The Kier molecular flexibility index (Phi) is 5.29. The maximum absolute atomic E-state index is 12.2. The maximum atomic E-state index is 12.2. The molecule has 0 radical (unpaired) electrons. The number of piperidine rings is 1. The molecule has 2 aliphatic rings. The van der Waals surface area contributed by atoms with E-state index in [1.165, 1.54) is 0 Å². The summed E-state index contributed by atoms with van der Waals surface area (Å²) in [5, 5.41) is 4.52. The van der Waals surface area contributed by atoms with Crippen molar-refractivity contribution in [2.24, 2.45) is 5.92 Å². The molecule has 0 N–H and O–H groups in total. The number of pyridine rings is 1. The zero-order valence-electron chi connectivity index (χ0n) is 15.5. The fourth-order valence-corrected chi connectivity index (χ4v) is 3.84. The molecule has 2 fully saturated rings. The molecule has 0 unspecified atom stereocenters. The van der Waals surface area contributed by atoms with Crippen molar-refractivity contribution in [3.05, 3.63) is 47.0 Å². The van der Waals surface area contributed by atoms with E-state index in [2.05, 4.69) is 15.0 Å². The zero-order valence-corrected chi connectivity index (χ0v) is 15.5. The zero-order chi connectivity index (χ0) is 18.6. The van der Waals surface area contributed by atoms with Gasteiger partial charge in [-0.25, -0.2) is 4.68 Å². The molecule has 4 heterocycles. The second-order valence-corrected chi connectivity index (χ2v) is 7.44. The fourth-order valence-electron chi connectivity index (χ4n) is 3.84. The molecule has 27 heavy (non-hydrogen) atoms. The lowest BCUT2D eigenvalue weighted by Gasteiger charge is -2.40. The Balaban J connectivity index is 1.30. The number of aromatic nitrogens is 3. The SMILES string of the molecule is O=C1CCCCN1CCN1CC(Cn2nc(-c3ccncc3)ccc2=O)C1. The van der Waals surface area contributed by atoms with Crippen LogP contribution in [0, 0.1) is 5.92 Å². The molecule has 4 rings (SSSR count). The number of hydrogen-bond acceptors (Lipinski definition) is 5. The average Bonchev–Trinajstić information content (AvgIpc) is 2.67. The van der Waals surface area contributed by atoms with Crippen LogP contribution in [-0.4, -0.2) is 63.2 Å². The van der Waals surface area contributed by atoms with Crippen LogP contribution in [0.5, 0.6) is 0 Å². The first-order valence-corrected chi connectivity index (χ1v) is 9.68. The predicted molar refractivity (Wildman–Crippen MR) is 102 cm³/mol. The molecule has 0 saturated carbocycles. The van der Waals surface area contributed by atoms with Gasteiger partial charge in [-0.3, -0.25) is 14.6 Å². The molecule has 1 amide bonds. The Hall–Kier alpha value is -2.54. The number of nitrogens with zero attached hydrogens (tertiary/aromatic N) is 5. The second-order valence-electron chi connectivity index (χ2n) is 7.44. The molecule has 0 bridgehead atoms. The summed E-state index contributed by atoms with van der Waals surface area (Å²) >= 11 is 0. The average molecular weight is 367 g/mol. The van der Waals surface area contributed by atoms with Crippen molar-refractivity contribution >= 4 is 5.91 Å². The van der Waals surface area contributed by atoms with Crippen molar-refractivity contribution in [3.8, 4) is 11.3 Å². The van der Waals surface area contributed by atoms with Crippen LogP contribution in [0.2, 0.25) is 0 Å². The quantitative estimate of drug-likeness (QED) is 0.768. The number of hydrogen-bond donors (Lipinski definition) is 0. The van der Waals surface area contributed by atoms with Crippen LogP contribution >= 0.6 is 0 Å². The molecule has 7 heteroatoms. The summed E-state index contributed by atoms with van der Waals surface area (Å²) in [4.78, 5) is 32.4. The summed E-state index contributed by atoms with van der Waals surface area (Å²) < 4.78 is 1.58. The van der Waals surface area contributed by atoms with Gasteiger partial charge >= 0.3 is 0 Å². The lowest BCUT2D eigenvalue weighted by Crippen LogP contribution is -2.52. The predicted octanol–water partition coefficient (Wildman–Crippen LogP) is 1.25. The summed E-state index contributed by atoms with van der Waals surface area (Å²) in [6.45, 7) is 5.18. The Morgan fingerprint density at radius 2 is 1.81 bits per heavy atom. The largest absolute Gasteiger partial charge is 0.341 e. The van der Waals surface area contributed by atoms with Crippen molar-refractivity contribution in [3.63, 3.8) is 0 Å². The Labute approximate surface area is 158 Å². The highest BCUT2D eigenvalue weighted by atomic mass is 16.2. The Morgan fingerprint density at radius 1 is 1.00 bits per heavy atom. The third-order valence-corrected chi connectivity index (χ3v) is 5.41. The minimum atomic E-state index is -0.0647. The van der Waals surface area contributed by atoms with Gasteiger partial charge in [0.05, 0.1) is 12.2 Å². The first kappa shape index (κ1) is 17.9. The van der Waals surface area contributed by atoms with Crippen LogP contribution in [0.25, 0.3) is 11.3 Å². The molecular weight excluding hydrogens is 342 g/mol. The smallest absolute Gasteiger partial charge is 0.266 e. The van der Waals surface area contributed by atoms with E-state index in [-0.39, 0.29) is 5.56 Å². The van der Waals surface area contributed by atoms with Gasteiger partial charge in [-0.1, -0.05) is 0 Å². The van der Waals surface area contributed by atoms with Gasteiger partial charge in [-0.2, -0.15) is 5.10 Å². The van der Waals surface area contributed by atoms with Crippen LogP contribution < -0.4 is 5.56 Å². The molecule has 2 saturated heterocycles. The van der Waals surface area contributed by atoms with E-state index in [9.17, 15) is 9.59 Å². The molecule has 2 aromatic rings. The molecule has 2 aliphatic heterocycles. The van der Waals surface area contributed by atoms with Crippen LogP contribution in [0.1, 0.15) is 19.3 Å². The van der Waals surface area contributed by atoms with E-state index in [0.29, 0.717) is 24.8 Å². The topological polar surface area (TPSA) is 71.3 Å².